The number of aromatic hydroxyl groups is 1. The van der Waals surface area contributed by atoms with Crippen LogP contribution in [-0.2, 0) is 10.2 Å². The number of phenols is 1. The Hall–Kier alpha value is -1.51. The summed E-state index contributed by atoms with van der Waals surface area (Å²) in [5.41, 5.74) is 1.20. The molecule has 0 fully saturated rings. The van der Waals surface area contributed by atoms with E-state index >= 15 is 0 Å². The molecule has 0 saturated carbocycles. The molecule has 1 aromatic rings. The van der Waals surface area contributed by atoms with Crippen LogP contribution in [0.1, 0.15) is 43.6 Å². The fraction of sp³-hybridized carbons (Fsp3) is 0.462. The molecule has 0 aromatic heterocycles. The van der Waals surface area contributed by atoms with Crippen LogP contribution in [0.3, 0.4) is 0 Å². The number of rotatable bonds is 2. The van der Waals surface area contributed by atoms with Crippen LogP contribution in [0.2, 0.25) is 0 Å². The monoisotopic (exact) mass is 222 g/mol. The predicted molar refractivity (Wildman–Crippen MR) is 62.8 cm³/mol. The van der Waals surface area contributed by atoms with Crippen LogP contribution in [0.5, 0.6) is 5.75 Å². The van der Waals surface area contributed by atoms with E-state index in [2.05, 4.69) is 0 Å². The number of hydrogen-bond donors (Lipinski definition) is 1. The van der Waals surface area contributed by atoms with Gasteiger partial charge in [-0.1, -0.05) is 20.8 Å². The third kappa shape index (κ3) is 2.99. The van der Waals surface area contributed by atoms with Crippen molar-refractivity contribution in [2.24, 2.45) is 0 Å². The molecule has 1 rings (SSSR count). The molecule has 3 nitrogen and oxygen atoms in total. The van der Waals surface area contributed by atoms with Gasteiger partial charge in [0.1, 0.15) is 5.75 Å². The summed E-state index contributed by atoms with van der Waals surface area (Å²) >= 11 is 0. The summed E-state index contributed by atoms with van der Waals surface area (Å²) in [5.74, 6) is -0.306. The van der Waals surface area contributed by atoms with E-state index in [0.717, 1.165) is 5.56 Å². The number of esters is 1. The van der Waals surface area contributed by atoms with Crippen molar-refractivity contribution in [3.8, 4) is 5.75 Å². The first-order valence-electron chi connectivity index (χ1n) is 5.36. The lowest BCUT2D eigenvalue weighted by molar-refractivity contribution is 0.0525. The quantitative estimate of drug-likeness (QED) is 0.783. The second-order valence-electron chi connectivity index (χ2n) is 4.74. The molecule has 1 N–H and O–H groups in total. The summed E-state index contributed by atoms with van der Waals surface area (Å²) in [6, 6.07) is 4.85. The highest BCUT2D eigenvalue weighted by molar-refractivity contribution is 5.90. The highest BCUT2D eigenvalue weighted by atomic mass is 16.5. The maximum Gasteiger partial charge on any atom is 0.338 e. The van der Waals surface area contributed by atoms with Crippen molar-refractivity contribution in [1.29, 1.82) is 0 Å². The number of phenolic OH excluding ortho intramolecular Hbond substituents is 1. The zero-order valence-electron chi connectivity index (χ0n) is 10.2. The molecule has 88 valence electrons. The van der Waals surface area contributed by atoms with Gasteiger partial charge < -0.3 is 9.84 Å². The van der Waals surface area contributed by atoms with E-state index in [1.807, 2.05) is 20.8 Å². The summed E-state index contributed by atoms with van der Waals surface area (Å²) in [4.78, 5) is 11.5. The minimum Gasteiger partial charge on any atom is -0.508 e. The first-order chi connectivity index (χ1) is 7.34. The minimum absolute atomic E-state index is 0.0930. The van der Waals surface area contributed by atoms with Crippen LogP contribution >= 0.6 is 0 Å². The Balaban J connectivity index is 3.13. The van der Waals surface area contributed by atoms with E-state index in [0.29, 0.717) is 12.2 Å². The van der Waals surface area contributed by atoms with Crippen LogP contribution < -0.4 is 0 Å². The SMILES string of the molecule is CCOC(=O)c1cc(O)cc(C(C)(C)C)c1. The Morgan fingerprint density at radius 3 is 2.44 bits per heavy atom. The maximum atomic E-state index is 11.5. The summed E-state index contributed by atoms with van der Waals surface area (Å²) in [5, 5.41) is 9.57. The molecule has 0 aliphatic rings. The molecule has 0 spiro atoms. The molecule has 1 aromatic carbocycles. The van der Waals surface area contributed by atoms with Gasteiger partial charge in [-0.2, -0.15) is 0 Å². The Bertz CT molecular complexity index is 389. The van der Waals surface area contributed by atoms with Crippen LogP contribution in [0, 0.1) is 0 Å². The average molecular weight is 222 g/mol. The average Bonchev–Trinajstić information content (AvgIpc) is 2.16. The first kappa shape index (κ1) is 12.6. The van der Waals surface area contributed by atoms with Gasteiger partial charge in [-0.05, 0) is 36.1 Å². The topological polar surface area (TPSA) is 46.5 Å². The van der Waals surface area contributed by atoms with E-state index < -0.39 is 5.97 Å². The lowest BCUT2D eigenvalue weighted by Gasteiger charge is -2.19. The fourth-order valence-corrected chi connectivity index (χ4v) is 1.38. The molecule has 0 bridgehead atoms. The Morgan fingerprint density at radius 1 is 1.31 bits per heavy atom. The van der Waals surface area contributed by atoms with E-state index in [1.54, 1.807) is 19.1 Å². The lowest BCUT2D eigenvalue weighted by Crippen LogP contribution is -2.13. The number of carbonyl (C=O) groups excluding carboxylic acids is 1. The summed E-state index contributed by atoms with van der Waals surface area (Å²) < 4.78 is 4.90. The van der Waals surface area contributed by atoms with Crippen LogP contribution in [0.25, 0.3) is 0 Å². The first-order valence-corrected chi connectivity index (χ1v) is 5.36. The smallest absolute Gasteiger partial charge is 0.338 e. The zero-order valence-corrected chi connectivity index (χ0v) is 10.2. The molecule has 3 heteroatoms. The molecule has 0 heterocycles. The third-order valence-electron chi connectivity index (χ3n) is 2.29. The van der Waals surface area contributed by atoms with Gasteiger partial charge in [0, 0.05) is 0 Å². The summed E-state index contributed by atoms with van der Waals surface area (Å²) in [6.07, 6.45) is 0. The number of benzene rings is 1. The van der Waals surface area contributed by atoms with E-state index in [4.69, 9.17) is 4.74 Å². The molecule has 0 amide bonds. The Morgan fingerprint density at radius 2 is 1.94 bits per heavy atom. The van der Waals surface area contributed by atoms with Gasteiger partial charge in [0.15, 0.2) is 0 Å². The Kier molecular flexibility index (Phi) is 3.58. The maximum absolute atomic E-state index is 11.5. The Labute approximate surface area is 96.1 Å². The summed E-state index contributed by atoms with van der Waals surface area (Å²) in [6.45, 7) is 8.16. The van der Waals surface area contributed by atoms with Crippen LogP contribution in [0.4, 0.5) is 0 Å². The van der Waals surface area contributed by atoms with Gasteiger partial charge >= 0.3 is 5.97 Å². The molecule has 0 unspecified atom stereocenters. The van der Waals surface area contributed by atoms with Crippen LogP contribution in [0.15, 0.2) is 18.2 Å². The summed E-state index contributed by atoms with van der Waals surface area (Å²) in [7, 11) is 0. The van der Waals surface area contributed by atoms with Crippen molar-refractivity contribution < 1.29 is 14.6 Å². The molecular formula is C13H18O3. The lowest BCUT2D eigenvalue weighted by atomic mass is 9.86. The van der Waals surface area contributed by atoms with Crippen molar-refractivity contribution in [1.82, 2.24) is 0 Å². The largest absolute Gasteiger partial charge is 0.508 e. The number of ether oxygens (including phenoxy) is 1. The third-order valence-corrected chi connectivity index (χ3v) is 2.29. The second kappa shape index (κ2) is 4.56. The van der Waals surface area contributed by atoms with Crippen molar-refractivity contribution >= 4 is 5.97 Å². The van der Waals surface area contributed by atoms with Gasteiger partial charge in [0.2, 0.25) is 0 Å². The molecule has 0 saturated heterocycles. The van der Waals surface area contributed by atoms with Crippen molar-refractivity contribution in [3.05, 3.63) is 29.3 Å². The highest BCUT2D eigenvalue weighted by Crippen LogP contribution is 2.27. The highest BCUT2D eigenvalue weighted by Gasteiger charge is 2.17. The van der Waals surface area contributed by atoms with E-state index in [1.165, 1.54) is 6.07 Å². The van der Waals surface area contributed by atoms with E-state index in [-0.39, 0.29) is 11.2 Å². The van der Waals surface area contributed by atoms with Gasteiger partial charge in [0.25, 0.3) is 0 Å². The number of carbonyl (C=O) groups is 1. The van der Waals surface area contributed by atoms with Crippen molar-refractivity contribution in [2.45, 2.75) is 33.1 Å². The molecule has 0 atom stereocenters. The molecule has 16 heavy (non-hydrogen) atoms. The van der Waals surface area contributed by atoms with Crippen molar-refractivity contribution in [3.63, 3.8) is 0 Å². The van der Waals surface area contributed by atoms with Crippen LogP contribution in [-0.4, -0.2) is 17.7 Å². The van der Waals surface area contributed by atoms with Gasteiger partial charge in [-0.15, -0.1) is 0 Å². The van der Waals surface area contributed by atoms with Crippen molar-refractivity contribution in [2.75, 3.05) is 6.61 Å². The minimum atomic E-state index is -0.399. The number of hydrogen-bond acceptors (Lipinski definition) is 3. The standard InChI is InChI=1S/C13H18O3/c1-5-16-12(15)9-6-10(13(2,3)4)8-11(14)7-9/h6-8,14H,5H2,1-4H3. The van der Waals surface area contributed by atoms with Gasteiger partial charge in [0.05, 0.1) is 12.2 Å². The second-order valence-corrected chi connectivity index (χ2v) is 4.74. The fourth-order valence-electron chi connectivity index (χ4n) is 1.38. The predicted octanol–water partition coefficient (Wildman–Crippen LogP) is 2.87. The normalized spacial score (nSPS) is 11.2. The zero-order chi connectivity index (χ0) is 12.3. The molecule has 0 radical (unpaired) electrons. The van der Waals surface area contributed by atoms with E-state index in [9.17, 15) is 9.90 Å². The molecule has 0 aliphatic carbocycles. The van der Waals surface area contributed by atoms with Gasteiger partial charge in [-0.3, -0.25) is 0 Å². The molecule has 0 aliphatic heterocycles. The molecular weight excluding hydrogens is 204 g/mol. The van der Waals surface area contributed by atoms with Gasteiger partial charge in [-0.25, -0.2) is 4.79 Å².